The number of fused-ring (bicyclic) bond motifs is 1. The van der Waals surface area contributed by atoms with E-state index in [-0.39, 0.29) is 23.9 Å². The zero-order chi connectivity index (χ0) is 29.7. The van der Waals surface area contributed by atoms with Crippen molar-refractivity contribution in [2.45, 2.75) is 52.4 Å². The summed E-state index contributed by atoms with van der Waals surface area (Å²) in [6, 6.07) is 9.54. The second kappa shape index (κ2) is 10.6. The first-order valence-corrected chi connectivity index (χ1v) is 14.0. The summed E-state index contributed by atoms with van der Waals surface area (Å²) >= 11 is 12.1. The smallest absolute Gasteiger partial charge is 0.410 e. The number of rotatable bonds is 5. The number of hydrogen-bond donors (Lipinski definition) is 1. The molecule has 1 aromatic heterocycles. The van der Waals surface area contributed by atoms with Crippen molar-refractivity contribution < 1.29 is 23.5 Å². The third-order valence-electron chi connectivity index (χ3n) is 7.72. The molecule has 0 spiro atoms. The van der Waals surface area contributed by atoms with Gasteiger partial charge in [-0.2, -0.15) is 0 Å². The molecule has 1 N–H and O–H groups in total. The van der Waals surface area contributed by atoms with Gasteiger partial charge < -0.3 is 19.7 Å². The summed E-state index contributed by atoms with van der Waals surface area (Å²) in [6.45, 7) is 10.3. The molecule has 0 radical (unpaired) electrons. The minimum atomic E-state index is -1.03. The second-order valence-electron chi connectivity index (χ2n) is 12.0. The molecule has 0 aliphatic carbocycles. The van der Waals surface area contributed by atoms with Crippen LogP contribution in [0.3, 0.4) is 0 Å². The first-order valence-electron chi connectivity index (χ1n) is 13.3. The lowest BCUT2D eigenvalue weighted by Crippen LogP contribution is -2.54. The molecule has 2 unspecified atom stereocenters. The van der Waals surface area contributed by atoms with Crippen LogP contribution in [-0.4, -0.2) is 62.8 Å². The Balaban J connectivity index is 1.37. The van der Waals surface area contributed by atoms with Gasteiger partial charge in [0.1, 0.15) is 22.5 Å². The van der Waals surface area contributed by atoms with E-state index in [1.54, 1.807) is 48.7 Å². The maximum absolute atomic E-state index is 14.9. The van der Waals surface area contributed by atoms with E-state index >= 15 is 0 Å². The van der Waals surface area contributed by atoms with E-state index in [1.807, 2.05) is 19.9 Å². The lowest BCUT2D eigenvalue weighted by atomic mass is 9.68. The zero-order valence-corrected chi connectivity index (χ0v) is 25.0. The average Bonchev–Trinajstić information content (AvgIpc) is 3.56. The number of nitrogens with zero attached hydrogens (tertiary/aromatic N) is 4. The normalized spacial score (nSPS) is 21.6. The highest BCUT2D eigenvalue weighted by molar-refractivity contribution is 6.42. The predicted molar refractivity (Wildman–Crippen MR) is 153 cm³/mol. The van der Waals surface area contributed by atoms with Gasteiger partial charge >= 0.3 is 6.09 Å². The Morgan fingerprint density at radius 1 is 1.17 bits per heavy atom. The van der Waals surface area contributed by atoms with Crippen molar-refractivity contribution in [1.82, 2.24) is 19.9 Å². The Labute approximate surface area is 247 Å². The molecule has 3 heterocycles. The Kier molecular flexibility index (Phi) is 7.55. The molecule has 3 aromatic rings. The number of amides is 2. The zero-order valence-electron chi connectivity index (χ0n) is 23.5. The molecule has 0 bridgehead atoms. The summed E-state index contributed by atoms with van der Waals surface area (Å²) in [5, 5.41) is 12.1. The van der Waals surface area contributed by atoms with Crippen LogP contribution in [-0.2, 0) is 20.8 Å². The van der Waals surface area contributed by atoms with E-state index in [2.05, 4.69) is 15.6 Å². The lowest BCUT2D eigenvalue weighted by molar-refractivity contribution is -0.135. The number of halogens is 3. The quantitative estimate of drug-likeness (QED) is 0.382. The van der Waals surface area contributed by atoms with Crippen LogP contribution in [0, 0.1) is 17.2 Å². The van der Waals surface area contributed by atoms with Crippen molar-refractivity contribution in [2.24, 2.45) is 11.3 Å². The number of hydrogen-bond acceptors (Lipinski definition) is 6. The molecular formula is C29H32Cl2FN5O4. The summed E-state index contributed by atoms with van der Waals surface area (Å²) in [6.07, 6.45) is 1.15. The molecule has 0 saturated carbocycles. The predicted octanol–water partition coefficient (Wildman–Crippen LogP) is 6.04. The van der Waals surface area contributed by atoms with Gasteiger partial charge in [0.15, 0.2) is 0 Å². The summed E-state index contributed by atoms with van der Waals surface area (Å²) in [4.78, 5) is 28.4. The van der Waals surface area contributed by atoms with Crippen LogP contribution in [0.4, 0.5) is 14.9 Å². The molecule has 2 aliphatic rings. The highest BCUT2D eigenvalue weighted by Gasteiger charge is 2.66. The largest absolute Gasteiger partial charge is 0.444 e. The van der Waals surface area contributed by atoms with Gasteiger partial charge in [-0.05, 0) is 70.5 Å². The molecule has 9 nitrogen and oxygen atoms in total. The van der Waals surface area contributed by atoms with Crippen molar-refractivity contribution in [3.8, 4) is 11.3 Å². The summed E-state index contributed by atoms with van der Waals surface area (Å²) in [5.74, 6) is -1.05. The van der Waals surface area contributed by atoms with Crippen molar-refractivity contribution in [3.63, 3.8) is 0 Å². The van der Waals surface area contributed by atoms with Gasteiger partial charge in [0.25, 0.3) is 0 Å². The molecule has 2 atom stereocenters. The number of anilines is 1. The summed E-state index contributed by atoms with van der Waals surface area (Å²) in [7, 11) is 0. The van der Waals surface area contributed by atoms with Crippen molar-refractivity contribution in [2.75, 3.05) is 25.0 Å². The minimum absolute atomic E-state index is 0.141. The van der Waals surface area contributed by atoms with Crippen LogP contribution in [0.15, 0.2) is 42.6 Å². The molecule has 41 heavy (non-hydrogen) atoms. The van der Waals surface area contributed by atoms with Gasteiger partial charge in [-0.15, -0.1) is 5.10 Å². The fourth-order valence-corrected chi connectivity index (χ4v) is 5.91. The standard InChI is InChI=1S/C29H32Cl2FN5O4/c1-27(2,3)41-26(39)36-13-18-15-40-28(4,5)29(18,16-36)25(38)33-19-7-9-23(32)20(11-19)24-14-37(35-34-24)12-17-6-8-21(30)22(31)10-17/h6-11,14,18H,12-13,15-16H2,1-5H3,(H,33,38). The van der Waals surface area contributed by atoms with Crippen LogP contribution < -0.4 is 5.32 Å². The highest BCUT2D eigenvalue weighted by atomic mass is 35.5. The van der Waals surface area contributed by atoms with Crippen LogP contribution in [0.2, 0.25) is 10.0 Å². The van der Waals surface area contributed by atoms with Gasteiger partial charge in [-0.25, -0.2) is 13.9 Å². The number of likely N-dealkylation sites (tertiary alicyclic amines) is 1. The van der Waals surface area contributed by atoms with E-state index < -0.39 is 28.5 Å². The van der Waals surface area contributed by atoms with Crippen LogP contribution in [0.1, 0.15) is 40.2 Å². The van der Waals surface area contributed by atoms with E-state index in [4.69, 9.17) is 32.7 Å². The first-order chi connectivity index (χ1) is 19.2. The number of carbonyl (C=O) groups is 2. The van der Waals surface area contributed by atoms with E-state index in [1.165, 1.54) is 18.2 Å². The third kappa shape index (κ3) is 5.65. The Morgan fingerprint density at radius 3 is 2.63 bits per heavy atom. The Morgan fingerprint density at radius 2 is 1.93 bits per heavy atom. The molecule has 5 rings (SSSR count). The fraction of sp³-hybridized carbons (Fsp3) is 0.448. The monoisotopic (exact) mass is 603 g/mol. The van der Waals surface area contributed by atoms with Gasteiger partial charge in [-0.3, -0.25) is 4.79 Å². The molecule has 2 fully saturated rings. The van der Waals surface area contributed by atoms with Crippen LogP contribution in [0.5, 0.6) is 0 Å². The number of ether oxygens (including phenoxy) is 2. The molecule has 2 amide bonds. The molecule has 2 aliphatic heterocycles. The first kappa shape index (κ1) is 29.3. The average molecular weight is 605 g/mol. The highest BCUT2D eigenvalue weighted by Crippen LogP contribution is 2.52. The third-order valence-corrected chi connectivity index (χ3v) is 8.46. The van der Waals surface area contributed by atoms with Gasteiger partial charge in [0, 0.05) is 30.3 Å². The maximum atomic E-state index is 14.9. The minimum Gasteiger partial charge on any atom is -0.444 e. The van der Waals surface area contributed by atoms with Crippen molar-refractivity contribution in [3.05, 3.63) is 64.0 Å². The van der Waals surface area contributed by atoms with Gasteiger partial charge in [-0.1, -0.05) is 34.5 Å². The van der Waals surface area contributed by atoms with E-state index in [0.29, 0.717) is 41.1 Å². The molecule has 218 valence electrons. The number of benzene rings is 2. The Hall–Kier alpha value is -3.21. The van der Waals surface area contributed by atoms with Gasteiger partial charge in [0.2, 0.25) is 5.91 Å². The number of nitrogens with one attached hydrogen (secondary N) is 1. The van der Waals surface area contributed by atoms with E-state index in [0.717, 1.165) is 5.56 Å². The van der Waals surface area contributed by atoms with Crippen molar-refractivity contribution >= 4 is 40.9 Å². The SMILES string of the molecule is CC(C)(C)OC(=O)N1CC2COC(C)(C)C2(C(=O)Nc2ccc(F)c(-c3cn(Cc4ccc(Cl)c(Cl)c4)nn3)c2)C1. The van der Waals surface area contributed by atoms with E-state index in [9.17, 15) is 14.0 Å². The van der Waals surface area contributed by atoms with Gasteiger partial charge in [0.05, 0.1) is 35.0 Å². The number of aromatic nitrogens is 3. The van der Waals surface area contributed by atoms with Crippen molar-refractivity contribution in [1.29, 1.82) is 0 Å². The maximum Gasteiger partial charge on any atom is 0.410 e. The molecular weight excluding hydrogens is 572 g/mol. The molecule has 12 heteroatoms. The Bertz CT molecular complexity index is 1500. The van der Waals surface area contributed by atoms with Crippen LogP contribution in [0.25, 0.3) is 11.3 Å². The molecule has 2 saturated heterocycles. The second-order valence-corrected chi connectivity index (χ2v) is 12.9. The summed E-state index contributed by atoms with van der Waals surface area (Å²) in [5.41, 5.74) is -0.820. The topological polar surface area (TPSA) is 98.6 Å². The molecule has 2 aromatic carbocycles. The van der Waals surface area contributed by atoms with Crippen LogP contribution >= 0.6 is 23.2 Å². The fourth-order valence-electron chi connectivity index (χ4n) is 5.59. The lowest BCUT2D eigenvalue weighted by Gasteiger charge is -2.38. The number of carbonyl (C=O) groups excluding carboxylic acids is 2. The summed E-state index contributed by atoms with van der Waals surface area (Å²) < 4.78 is 28.1.